The standard InChI is InChI=1S/C15H14N4O5/c20-9-3-4-18(6-9)7-12-16-13-10-2-1-8(19(22)23)5-11(10)24-14(13)15(21)17-12/h1-2,5,9,20H,3-4,6-7H2,(H-,16,17,21,22,23)/p+1/t9-/m0/s1. The highest BCUT2D eigenvalue weighted by molar-refractivity contribution is 6.02. The van der Waals surface area contributed by atoms with Crippen LogP contribution in [0.5, 0.6) is 0 Å². The maximum absolute atomic E-state index is 12.2. The molecule has 0 unspecified atom stereocenters. The van der Waals surface area contributed by atoms with Crippen molar-refractivity contribution in [1.82, 2.24) is 14.9 Å². The number of fused-ring (bicyclic) bond motifs is 3. The highest BCUT2D eigenvalue weighted by atomic mass is 16.6. The molecule has 124 valence electrons. The van der Waals surface area contributed by atoms with Crippen LogP contribution in [-0.4, -0.2) is 49.3 Å². The summed E-state index contributed by atoms with van der Waals surface area (Å²) in [4.78, 5) is 32.1. The third kappa shape index (κ3) is 2.43. The van der Waals surface area contributed by atoms with E-state index in [4.69, 9.17) is 9.62 Å². The van der Waals surface area contributed by atoms with Crippen molar-refractivity contribution in [1.29, 1.82) is 0 Å². The van der Waals surface area contributed by atoms with Gasteiger partial charge in [-0.3, -0.25) is 9.69 Å². The first kappa shape index (κ1) is 14.8. The van der Waals surface area contributed by atoms with E-state index in [2.05, 4.69) is 9.97 Å². The molecule has 1 saturated heterocycles. The van der Waals surface area contributed by atoms with Gasteiger partial charge < -0.3 is 14.5 Å². The van der Waals surface area contributed by atoms with E-state index in [0.29, 0.717) is 41.8 Å². The van der Waals surface area contributed by atoms with Gasteiger partial charge in [-0.1, -0.05) is 0 Å². The summed E-state index contributed by atoms with van der Waals surface area (Å²) in [6.07, 6.45) is 0.360. The molecular formula is C15H15N4O5+. The van der Waals surface area contributed by atoms with Crippen LogP contribution in [0, 0.1) is 4.91 Å². The summed E-state index contributed by atoms with van der Waals surface area (Å²) in [5, 5.41) is 19.1. The first-order valence-electron chi connectivity index (χ1n) is 7.53. The fraction of sp³-hybridized carbons (Fsp3) is 0.333. The minimum absolute atomic E-state index is 0.00395. The van der Waals surface area contributed by atoms with Crippen molar-refractivity contribution in [3.8, 4) is 0 Å². The third-order valence-corrected chi connectivity index (χ3v) is 4.20. The fourth-order valence-electron chi connectivity index (χ4n) is 3.05. The lowest BCUT2D eigenvalue weighted by molar-refractivity contribution is -0.729. The van der Waals surface area contributed by atoms with Crippen molar-refractivity contribution in [2.75, 3.05) is 13.1 Å². The summed E-state index contributed by atoms with van der Waals surface area (Å²) in [5.41, 5.74) is 0.372. The summed E-state index contributed by atoms with van der Waals surface area (Å²) >= 11 is 0. The molecule has 1 aliphatic heterocycles. The van der Waals surface area contributed by atoms with Crippen molar-refractivity contribution in [3.63, 3.8) is 0 Å². The average molecular weight is 331 g/mol. The Morgan fingerprint density at radius 3 is 3.00 bits per heavy atom. The average Bonchev–Trinajstić information content (AvgIpc) is 3.11. The molecule has 1 fully saturated rings. The van der Waals surface area contributed by atoms with Gasteiger partial charge in [-0.2, -0.15) is 0 Å². The third-order valence-electron chi connectivity index (χ3n) is 4.20. The Kier molecular flexibility index (Phi) is 3.32. The van der Waals surface area contributed by atoms with Gasteiger partial charge in [-0.05, 0) is 12.5 Å². The molecule has 0 radical (unpaired) electrons. The van der Waals surface area contributed by atoms with Gasteiger partial charge in [0.25, 0.3) is 10.5 Å². The Balaban J connectivity index is 1.80. The number of hydrogen-bond acceptors (Lipinski definition) is 6. The summed E-state index contributed by atoms with van der Waals surface area (Å²) in [7, 11) is 0. The SMILES string of the molecule is O=c1[nH]c(CN2CC[C@H](O)C2)nc2c1oc1cc([N+](=O)O)ccc12. The maximum atomic E-state index is 12.2. The molecule has 0 amide bonds. The Labute approximate surface area is 134 Å². The molecule has 2 aromatic heterocycles. The number of nitrogens with zero attached hydrogens (tertiary/aromatic N) is 3. The molecule has 9 heteroatoms. The van der Waals surface area contributed by atoms with Crippen LogP contribution in [0.4, 0.5) is 5.69 Å². The number of nitrogens with one attached hydrogen (secondary N) is 1. The van der Waals surface area contributed by atoms with Crippen molar-refractivity contribution >= 4 is 27.8 Å². The predicted molar refractivity (Wildman–Crippen MR) is 83.1 cm³/mol. The van der Waals surface area contributed by atoms with E-state index >= 15 is 0 Å². The number of β-amino-alcohol motifs (C(OH)–C–C–N with tert-alkyl or cyclic N) is 1. The zero-order valence-electron chi connectivity index (χ0n) is 12.6. The number of likely N-dealkylation sites (tertiary alicyclic amines) is 1. The fourth-order valence-corrected chi connectivity index (χ4v) is 3.05. The van der Waals surface area contributed by atoms with Gasteiger partial charge in [-0.15, -0.1) is 0 Å². The highest BCUT2D eigenvalue weighted by Gasteiger charge is 2.22. The first-order valence-corrected chi connectivity index (χ1v) is 7.53. The van der Waals surface area contributed by atoms with Crippen LogP contribution in [0.1, 0.15) is 12.2 Å². The highest BCUT2D eigenvalue weighted by Crippen LogP contribution is 2.28. The summed E-state index contributed by atoms with van der Waals surface area (Å²) < 4.78 is 5.48. The lowest BCUT2D eigenvalue weighted by Gasteiger charge is -2.13. The minimum Gasteiger partial charge on any atom is -0.448 e. The molecule has 0 aliphatic carbocycles. The van der Waals surface area contributed by atoms with Crippen molar-refractivity contribution in [3.05, 3.63) is 39.3 Å². The Morgan fingerprint density at radius 1 is 1.46 bits per heavy atom. The van der Waals surface area contributed by atoms with Crippen molar-refractivity contribution in [2.45, 2.75) is 19.1 Å². The van der Waals surface area contributed by atoms with Gasteiger partial charge in [-0.25, -0.2) is 10.2 Å². The number of benzene rings is 1. The van der Waals surface area contributed by atoms with E-state index < -0.39 is 5.56 Å². The molecule has 9 nitrogen and oxygen atoms in total. The molecule has 0 bridgehead atoms. The Hall–Kier alpha value is -2.78. The minimum atomic E-state index is -0.407. The van der Waals surface area contributed by atoms with Crippen LogP contribution in [0.2, 0.25) is 0 Å². The number of furan rings is 1. The van der Waals surface area contributed by atoms with Crippen LogP contribution >= 0.6 is 0 Å². The number of H-pyrrole nitrogens is 1. The molecule has 24 heavy (non-hydrogen) atoms. The van der Waals surface area contributed by atoms with E-state index in [1.54, 1.807) is 6.07 Å². The zero-order chi connectivity index (χ0) is 16.8. The van der Waals surface area contributed by atoms with E-state index in [1.807, 2.05) is 4.90 Å². The number of rotatable bonds is 3. The van der Waals surface area contributed by atoms with Crippen LogP contribution in [0.3, 0.4) is 0 Å². The molecule has 3 N–H and O–H groups in total. The van der Waals surface area contributed by atoms with Gasteiger partial charge in [0, 0.05) is 24.5 Å². The van der Waals surface area contributed by atoms with Gasteiger partial charge in [0.15, 0.2) is 0 Å². The molecule has 0 spiro atoms. The number of aromatic nitrogens is 2. The van der Waals surface area contributed by atoms with Crippen molar-refractivity contribution < 1.29 is 19.7 Å². The molecular weight excluding hydrogens is 316 g/mol. The monoisotopic (exact) mass is 331 g/mol. The van der Waals surface area contributed by atoms with E-state index in [-0.39, 0.29) is 22.3 Å². The molecule has 1 atom stereocenters. The molecule has 3 aromatic rings. The summed E-state index contributed by atoms with van der Waals surface area (Å²) in [5.74, 6) is 0.487. The second kappa shape index (κ2) is 5.39. The van der Waals surface area contributed by atoms with Crippen molar-refractivity contribution in [2.24, 2.45) is 0 Å². The molecule has 4 rings (SSSR count). The summed E-state index contributed by atoms with van der Waals surface area (Å²) in [6.45, 7) is 1.72. The Bertz CT molecular complexity index is 1010. The zero-order valence-corrected chi connectivity index (χ0v) is 12.6. The van der Waals surface area contributed by atoms with Crippen LogP contribution in [0.25, 0.3) is 22.1 Å². The smallest absolute Gasteiger partial charge is 0.320 e. The lowest BCUT2D eigenvalue weighted by Crippen LogP contribution is -2.24. The van der Waals surface area contributed by atoms with E-state index in [9.17, 15) is 14.8 Å². The number of hydrogen-bond donors (Lipinski definition) is 3. The van der Waals surface area contributed by atoms with E-state index in [1.165, 1.54) is 12.1 Å². The second-order valence-electron chi connectivity index (χ2n) is 5.92. The largest absolute Gasteiger partial charge is 0.448 e. The van der Waals surface area contributed by atoms with Gasteiger partial charge >= 0.3 is 5.69 Å². The topological polar surface area (TPSA) is 123 Å². The van der Waals surface area contributed by atoms with Crippen LogP contribution in [-0.2, 0) is 6.54 Å². The van der Waals surface area contributed by atoms with Crippen LogP contribution in [0.15, 0.2) is 27.4 Å². The summed E-state index contributed by atoms with van der Waals surface area (Å²) in [6, 6.07) is 4.34. The van der Waals surface area contributed by atoms with Gasteiger partial charge in [0.1, 0.15) is 16.9 Å². The second-order valence-corrected chi connectivity index (χ2v) is 5.92. The van der Waals surface area contributed by atoms with Gasteiger partial charge in [0.05, 0.1) is 23.6 Å². The van der Waals surface area contributed by atoms with Crippen LogP contribution < -0.4 is 5.56 Å². The first-order chi connectivity index (χ1) is 11.5. The lowest BCUT2D eigenvalue weighted by atomic mass is 10.2. The quantitative estimate of drug-likeness (QED) is 0.613. The molecule has 1 aromatic carbocycles. The normalized spacial score (nSPS) is 18.6. The van der Waals surface area contributed by atoms with Gasteiger partial charge in [0.2, 0.25) is 5.58 Å². The maximum Gasteiger partial charge on any atom is 0.320 e. The molecule has 0 saturated carbocycles. The molecule has 3 heterocycles. The predicted octanol–water partition coefficient (Wildman–Crippen LogP) is 1.04. The molecule has 1 aliphatic rings. The van der Waals surface area contributed by atoms with E-state index in [0.717, 1.165) is 6.54 Å². The number of aromatic amines is 1. The number of aliphatic hydroxyl groups is 1. The number of aliphatic hydroxyl groups excluding tert-OH is 1. The Morgan fingerprint density at radius 2 is 2.29 bits per heavy atom.